The predicted octanol–water partition coefficient (Wildman–Crippen LogP) is -1.21. The zero-order chi connectivity index (χ0) is 9.56. The first-order valence-corrected chi connectivity index (χ1v) is 3.75. The summed E-state index contributed by atoms with van der Waals surface area (Å²) in [5.41, 5.74) is 10.3. The molecule has 0 saturated carbocycles. The molecular formula is C7H14N2O3. The molecule has 0 aromatic heterocycles. The van der Waals surface area contributed by atoms with Crippen molar-refractivity contribution in [3.63, 3.8) is 0 Å². The molecule has 0 aromatic rings. The van der Waals surface area contributed by atoms with E-state index in [0.29, 0.717) is 6.42 Å². The Morgan fingerprint density at radius 3 is 2.50 bits per heavy atom. The van der Waals surface area contributed by atoms with Crippen LogP contribution in [0.2, 0.25) is 0 Å². The minimum absolute atomic E-state index is 0.0806. The third-order valence-corrected chi connectivity index (χ3v) is 1.35. The van der Waals surface area contributed by atoms with Gasteiger partial charge in [0.25, 0.3) is 0 Å². The quantitative estimate of drug-likeness (QED) is 0.510. The number of Topliss-reactive ketones (excluding diaryl/α,β-unsaturated/α-hetero) is 1. The lowest BCUT2D eigenvalue weighted by Gasteiger charge is -2.08. The van der Waals surface area contributed by atoms with E-state index in [2.05, 4.69) is 4.74 Å². The summed E-state index contributed by atoms with van der Waals surface area (Å²) < 4.78 is 4.57. The second-order valence-corrected chi connectivity index (χ2v) is 2.31. The first-order valence-electron chi connectivity index (χ1n) is 3.75. The second kappa shape index (κ2) is 5.68. The summed E-state index contributed by atoms with van der Waals surface area (Å²) >= 11 is 0. The zero-order valence-electron chi connectivity index (χ0n) is 7.08. The van der Waals surface area contributed by atoms with Crippen molar-refractivity contribution in [1.82, 2.24) is 0 Å². The Balaban J connectivity index is 3.63. The molecule has 5 heteroatoms. The Labute approximate surface area is 71.0 Å². The Morgan fingerprint density at radius 1 is 1.50 bits per heavy atom. The van der Waals surface area contributed by atoms with E-state index in [0.717, 1.165) is 0 Å². The van der Waals surface area contributed by atoms with E-state index in [1.54, 1.807) is 6.92 Å². The lowest BCUT2D eigenvalue weighted by molar-refractivity contribution is -0.143. The number of esters is 1. The third kappa shape index (κ3) is 4.05. The van der Waals surface area contributed by atoms with E-state index >= 15 is 0 Å². The molecule has 12 heavy (non-hydrogen) atoms. The summed E-state index contributed by atoms with van der Waals surface area (Å²) in [6, 6.07) is -0.717. The van der Waals surface area contributed by atoms with Crippen LogP contribution in [0.1, 0.15) is 13.3 Å². The summed E-state index contributed by atoms with van der Waals surface area (Å²) in [6.07, 6.45) is 0.349. The summed E-state index contributed by atoms with van der Waals surface area (Å²) in [5.74, 6) is -0.672. The molecule has 0 aliphatic heterocycles. The van der Waals surface area contributed by atoms with Gasteiger partial charge in [-0.3, -0.25) is 9.59 Å². The summed E-state index contributed by atoms with van der Waals surface area (Å²) in [6.45, 7) is 1.43. The van der Waals surface area contributed by atoms with Gasteiger partial charge in [0.2, 0.25) is 0 Å². The van der Waals surface area contributed by atoms with Crippen LogP contribution in [-0.2, 0) is 14.3 Å². The molecule has 0 rings (SSSR count). The van der Waals surface area contributed by atoms with Crippen molar-refractivity contribution >= 4 is 11.8 Å². The van der Waals surface area contributed by atoms with E-state index in [1.807, 2.05) is 0 Å². The highest BCUT2D eigenvalue weighted by Crippen LogP contribution is 1.89. The molecule has 0 aliphatic carbocycles. The predicted molar refractivity (Wildman–Crippen MR) is 43.3 cm³/mol. The third-order valence-electron chi connectivity index (χ3n) is 1.35. The molecule has 5 nitrogen and oxygen atoms in total. The van der Waals surface area contributed by atoms with Crippen LogP contribution >= 0.6 is 0 Å². The maximum atomic E-state index is 10.9. The van der Waals surface area contributed by atoms with Gasteiger partial charge in [-0.1, -0.05) is 6.92 Å². The van der Waals surface area contributed by atoms with Crippen LogP contribution in [0.25, 0.3) is 0 Å². The number of carbonyl (C=O) groups excluding carboxylic acids is 2. The van der Waals surface area contributed by atoms with Crippen LogP contribution in [0.3, 0.4) is 0 Å². The first kappa shape index (κ1) is 11.1. The van der Waals surface area contributed by atoms with Crippen molar-refractivity contribution < 1.29 is 14.3 Å². The van der Waals surface area contributed by atoms with Gasteiger partial charge < -0.3 is 16.2 Å². The number of rotatable bonds is 5. The van der Waals surface area contributed by atoms with Gasteiger partial charge in [0, 0.05) is 6.42 Å². The lowest BCUT2D eigenvalue weighted by atomic mass is 10.2. The van der Waals surface area contributed by atoms with Crippen LogP contribution < -0.4 is 11.5 Å². The van der Waals surface area contributed by atoms with Gasteiger partial charge in [-0.05, 0) is 0 Å². The Kier molecular flexibility index (Phi) is 5.23. The molecule has 0 amide bonds. The normalized spacial score (nSPS) is 12.2. The molecule has 0 aromatic carbocycles. The van der Waals surface area contributed by atoms with Gasteiger partial charge in [0.1, 0.15) is 6.61 Å². The van der Waals surface area contributed by atoms with E-state index < -0.39 is 12.0 Å². The van der Waals surface area contributed by atoms with Crippen molar-refractivity contribution in [2.75, 3.05) is 13.2 Å². The largest absolute Gasteiger partial charge is 0.463 e. The zero-order valence-corrected chi connectivity index (χ0v) is 7.08. The standard InChI is InChI=1S/C7H14N2O3/c1-2-6(10)5(9)4-12-7(11)3-8/h5H,2-4,8-9H2,1H3/t5-/m0/s1. The molecule has 0 heterocycles. The molecule has 0 saturated heterocycles. The van der Waals surface area contributed by atoms with Gasteiger partial charge in [-0.15, -0.1) is 0 Å². The van der Waals surface area contributed by atoms with Crippen LogP contribution in [0.5, 0.6) is 0 Å². The molecule has 0 aliphatic rings. The number of hydrogen-bond acceptors (Lipinski definition) is 5. The molecule has 4 N–H and O–H groups in total. The molecule has 70 valence electrons. The Morgan fingerprint density at radius 2 is 2.08 bits per heavy atom. The number of ether oxygens (including phenoxy) is 1. The van der Waals surface area contributed by atoms with Gasteiger partial charge in [0.05, 0.1) is 12.6 Å². The highest BCUT2D eigenvalue weighted by atomic mass is 16.5. The highest BCUT2D eigenvalue weighted by molar-refractivity contribution is 5.84. The molecule has 0 unspecified atom stereocenters. The first-order chi connectivity index (χ1) is 5.61. The van der Waals surface area contributed by atoms with Crippen LogP contribution in [-0.4, -0.2) is 30.9 Å². The van der Waals surface area contributed by atoms with Crippen molar-refractivity contribution in [3.05, 3.63) is 0 Å². The van der Waals surface area contributed by atoms with Crippen molar-refractivity contribution in [2.24, 2.45) is 11.5 Å². The highest BCUT2D eigenvalue weighted by Gasteiger charge is 2.12. The van der Waals surface area contributed by atoms with E-state index in [1.165, 1.54) is 0 Å². The number of hydrogen-bond donors (Lipinski definition) is 2. The van der Waals surface area contributed by atoms with Crippen LogP contribution in [0, 0.1) is 0 Å². The molecule has 0 bridgehead atoms. The number of nitrogens with two attached hydrogens (primary N) is 2. The van der Waals surface area contributed by atoms with E-state index in [4.69, 9.17) is 11.5 Å². The van der Waals surface area contributed by atoms with Gasteiger partial charge in [-0.2, -0.15) is 0 Å². The minimum Gasteiger partial charge on any atom is -0.463 e. The smallest absolute Gasteiger partial charge is 0.319 e. The molecule has 0 spiro atoms. The molecule has 0 radical (unpaired) electrons. The fourth-order valence-electron chi connectivity index (χ4n) is 0.597. The summed E-state index contributed by atoms with van der Waals surface area (Å²) in [7, 11) is 0. The summed E-state index contributed by atoms with van der Waals surface area (Å²) in [5, 5.41) is 0. The second-order valence-electron chi connectivity index (χ2n) is 2.31. The van der Waals surface area contributed by atoms with Crippen LogP contribution in [0.15, 0.2) is 0 Å². The molecule has 1 atom stereocenters. The maximum absolute atomic E-state index is 10.9. The molecule has 0 fully saturated rings. The maximum Gasteiger partial charge on any atom is 0.319 e. The van der Waals surface area contributed by atoms with Gasteiger partial charge in [-0.25, -0.2) is 0 Å². The average molecular weight is 174 g/mol. The van der Waals surface area contributed by atoms with Crippen LogP contribution in [0.4, 0.5) is 0 Å². The topological polar surface area (TPSA) is 95.4 Å². The van der Waals surface area contributed by atoms with Crippen molar-refractivity contribution in [3.8, 4) is 0 Å². The Bertz CT molecular complexity index is 170. The number of ketones is 1. The lowest BCUT2D eigenvalue weighted by Crippen LogP contribution is -2.36. The number of carbonyl (C=O) groups is 2. The van der Waals surface area contributed by atoms with Crippen molar-refractivity contribution in [2.45, 2.75) is 19.4 Å². The monoisotopic (exact) mass is 174 g/mol. The van der Waals surface area contributed by atoms with Gasteiger partial charge >= 0.3 is 5.97 Å². The SMILES string of the molecule is CCC(=O)[C@@H](N)COC(=O)CN. The minimum atomic E-state index is -0.717. The van der Waals surface area contributed by atoms with Gasteiger partial charge in [0.15, 0.2) is 5.78 Å². The molecular weight excluding hydrogens is 160 g/mol. The summed E-state index contributed by atoms with van der Waals surface area (Å²) in [4.78, 5) is 21.4. The van der Waals surface area contributed by atoms with E-state index in [9.17, 15) is 9.59 Å². The fourth-order valence-corrected chi connectivity index (χ4v) is 0.597. The fraction of sp³-hybridized carbons (Fsp3) is 0.714. The average Bonchev–Trinajstić information content (AvgIpc) is 2.11. The van der Waals surface area contributed by atoms with E-state index in [-0.39, 0.29) is 18.9 Å². The Hall–Kier alpha value is -0.940. The van der Waals surface area contributed by atoms with Crippen molar-refractivity contribution in [1.29, 1.82) is 0 Å².